The van der Waals surface area contributed by atoms with Gasteiger partial charge in [0.25, 0.3) is 0 Å². The number of carbonyl (C=O) groups is 1. The molecule has 1 saturated heterocycles. The van der Waals surface area contributed by atoms with E-state index in [4.69, 9.17) is 17.3 Å². The first-order valence-electron chi connectivity index (χ1n) is 5.16. The second-order valence-corrected chi connectivity index (χ2v) is 5.68. The van der Waals surface area contributed by atoms with E-state index in [9.17, 15) is 4.79 Å². The first-order valence-corrected chi connectivity index (χ1v) is 6.35. The second kappa shape index (κ2) is 5.14. The molecule has 0 aromatic carbocycles. The van der Waals surface area contributed by atoms with Gasteiger partial charge in [-0.05, 0) is 18.6 Å². The molecule has 0 saturated carbocycles. The van der Waals surface area contributed by atoms with Crippen molar-refractivity contribution in [2.75, 3.05) is 6.54 Å². The molecule has 6 heteroatoms. The lowest BCUT2D eigenvalue weighted by Crippen LogP contribution is -2.39. The van der Waals surface area contributed by atoms with Crippen molar-refractivity contribution in [3.8, 4) is 0 Å². The molecule has 88 valence electrons. The van der Waals surface area contributed by atoms with E-state index < -0.39 is 0 Å². The third kappa shape index (κ3) is 2.95. The minimum atomic E-state index is -0.148. The van der Waals surface area contributed by atoms with E-state index in [1.54, 1.807) is 0 Å². The highest BCUT2D eigenvalue weighted by molar-refractivity contribution is 7.16. The fourth-order valence-electron chi connectivity index (χ4n) is 1.71. The van der Waals surface area contributed by atoms with Crippen molar-refractivity contribution >= 4 is 28.8 Å². The summed E-state index contributed by atoms with van der Waals surface area (Å²) in [6.45, 7) is 1.24. The maximum Gasteiger partial charge on any atom is 0.237 e. The number of amides is 1. The fourth-order valence-corrected chi connectivity index (χ4v) is 2.73. The molecule has 4 nitrogen and oxygen atoms in total. The van der Waals surface area contributed by atoms with Gasteiger partial charge in [0.15, 0.2) is 0 Å². The summed E-state index contributed by atoms with van der Waals surface area (Å²) in [5.74, 6) is 0.0115. The quantitative estimate of drug-likeness (QED) is 0.749. The van der Waals surface area contributed by atoms with Gasteiger partial charge in [0.2, 0.25) is 5.91 Å². The minimum absolute atomic E-state index is 0.0115. The number of nitrogens with one attached hydrogen (secondary N) is 2. The number of hydrogen-bond acceptors (Lipinski definition) is 4. The van der Waals surface area contributed by atoms with E-state index in [1.165, 1.54) is 11.3 Å². The predicted molar refractivity (Wildman–Crippen MR) is 65.6 cm³/mol. The molecule has 1 aromatic heterocycles. The van der Waals surface area contributed by atoms with E-state index in [2.05, 4.69) is 10.6 Å². The molecule has 2 unspecified atom stereocenters. The summed E-state index contributed by atoms with van der Waals surface area (Å²) in [4.78, 5) is 12.8. The number of carbonyl (C=O) groups excluding carboxylic acids is 1. The standard InChI is InChI=1S/C10H14ClN3OS/c11-9-2-1-7(16-9)5-14-10(15)8-3-6(12)4-13-8/h1-2,6,8,13H,3-5,12H2,(H,14,15). The van der Waals surface area contributed by atoms with Crippen molar-refractivity contribution in [1.82, 2.24) is 10.6 Å². The van der Waals surface area contributed by atoms with Crippen molar-refractivity contribution in [2.24, 2.45) is 5.73 Å². The van der Waals surface area contributed by atoms with E-state index in [0.29, 0.717) is 19.5 Å². The summed E-state index contributed by atoms with van der Waals surface area (Å²) < 4.78 is 0.741. The molecule has 1 aliphatic rings. The molecule has 1 aliphatic heterocycles. The fraction of sp³-hybridized carbons (Fsp3) is 0.500. The van der Waals surface area contributed by atoms with Gasteiger partial charge in [-0.25, -0.2) is 0 Å². The summed E-state index contributed by atoms with van der Waals surface area (Å²) >= 11 is 7.28. The largest absolute Gasteiger partial charge is 0.350 e. The van der Waals surface area contributed by atoms with Crippen LogP contribution in [-0.2, 0) is 11.3 Å². The van der Waals surface area contributed by atoms with Crippen LogP contribution in [0.2, 0.25) is 4.34 Å². The topological polar surface area (TPSA) is 67.1 Å². The van der Waals surface area contributed by atoms with Gasteiger partial charge in [0.05, 0.1) is 16.9 Å². The number of rotatable bonds is 3. The molecule has 1 fully saturated rings. The van der Waals surface area contributed by atoms with Crippen LogP contribution >= 0.6 is 22.9 Å². The van der Waals surface area contributed by atoms with Crippen LogP contribution in [0.25, 0.3) is 0 Å². The normalized spacial score (nSPS) is 24.6. The third-order valence-electron chi connectivity index (χ3n) is 2.55. The first kappa shape index (κ1) is 11.9. The van der Waals surface area contributed by atoms with Gasteiger partial charge in [-0.3, -0.25) is 4.79 Å². The van der Waals surface area contributed by atoms with Crippen LogP contribution in [0.5, 0.6) is 0 Å². The highest BCUT2D eigenvalue weighted by Gasteiger charge is 2.26. The Morgan fingerprint density at radius 2 is 2.50 bits per heavy atom. The highest BCUT2D eigenvalue weighted by atomic mass is 35.5. The van der Waals surface area contributed by atoms with E-state index >= 15 is 0 Å². The van der Waals surface area contributed by atoms with Crippen molar-refractivity contribution in [1.29, 1.82) is 0 Å². The number of thiophene rings is 1. The Morgan fingerprint density at radius 3 is 3.06 bits per heavy atom. The number of hydrogen-bond donors (Lipinski definition) is 3. The summed E-state index contributed by atoms with van der Waals surface area (Å²) in [5, 5.41) is 5.96. The first-order chi connectivity index (χ1) is 7.65. The second-order valence-electron chi connectivity index (χ2n) is 3.88. The zero-order chi connectivity index (χ0) is 11.5. The Balaban J connectivity index is 1.80. The van der Waals surface area contributed by atoms with Crippen molar-refractivity contribution < 1.29 is 4.79 Å². The third-order valence-corrected chi connectivity index (χ3v) is 3.78. The minimum Gasteiger partial charge on any atom is -0.350 e. The molecule has 1 aromatic rings. The van der Waals surface area contributed by atoms with E-state index in [-0.39, 0.29) is 18.0 Å². The maximum atomic E-state index is 11.7. The van der Waals surface area contributed by atoms with Crippen LogP contribution in [0.3, 0.4) is 0 Å². The summed E-state index contributed by atoms with van der Waals surface area (Å²) in [6.07, 6.45) is 0.705. The molecule has 0 bridgehead atoms. The Labute approximate surface area is 103 Å². The van der Waals surface area contributed by atoms with Crippen LogP contribution in [-0.4, -0.2) is 24.5 Å². The summed E-state index contributed by atoms with van der Waals surface area (Å²) in [5.41, 5.74) is 5.72. The SMILES string of the molecule is NC1CNC(C(=O)NCc2ccc(Cl)s2)C1. The Hall–Kier alpha value is -0.620. The van der Waals surface area contributed by atoms with Crippen molar-refractivity contribution in [2.45, 2.75) is 25.0 Å². The van der Waals surface area contributed by atoms with Crippen LogP contribution in [0, 0.1) is 0 Å². The van der Waals surface area contributed by atoms with Gasteiger partial charge in [-0.1, -0.05) is 11.6 Å². The lowest BCUT2D eigenvalue weighted by Gasteiger charge is -2.10. The van der Waals surface area contributed by atoms with Gasteiger partial charge in [-0.2, -0.15) is 0 Å². The molecule has 0 aliphatic carbocycles. The van der Waals surface area contributed by atoms with Crippen LogP contribution in [0.15, 0.2) is 12.1 Å². The average Bonchev–Trinajstić information content (AvgIpc) is 2.84. The smallest absolute Gasteiger partial charge is 0.237 e. The molecule has 4 N–H and O–H groups in total. The zero-order valence-corrected chi connectivity index (χ0v) is 10.3. The van der Waals surface area contributed by atoms with Crippen LogP contribution in [0.1, 0.15) is 11.3 Å². The molecule has 0 spiro atoms. The molecule has 2 rings (SSSR count). The van der Waals surface area contributed by atoms with Crippen LogP contribution < -0.4 is 16.4 Å². The molecule has 1 amide bonds. The Kier molecular flexibility index (Phi) is 3.81. The lowest BCUT2D eigenvalue weighted by atomic mass is 10.2. The number of halogens is 1. The molecular formula is C10H14ClN3OS. The van der Waals surface area contributed by atoms with Crippen molar-refractivity contribution in [3.63, 3.8) is 0 Å². The number of nitrogens with two attached hydrogens (primary N) is 1. The zero-order valence-electron chi connectivity index (χ0n) is 8.70. The van der Waals surface area contributed by atoms with Gasteiger partial charge in [-0.15, -0.1) is 11.3 Å². The molecule has 2 atom stereocenters. The highest BCUT2D eigenvalue weighted by Crippen LogP contribution is 2.21. The molecule has 16 heavy (non-hydrogen) atoms. The molecular weight excluding hydrogens is 246 g/mol. The van der Waals surface area contributed by atoms with Gasteiger partial charge in [0.1, 0.15) is 0 Å². The molecule has 2 heterocycles. The predicted octanol–water partition coefficient (Wildman–Crippen LogP) is 0.707. The van der Waals surface area contributed by atoms with E-state index in [0.717, 1.165) is 9.21 Å². The van der Waals surface area contributed by atoms with Gasteiger partial charge < -0.3 is 16.4 Å². The Morgan fingerprint density at radius 1 is 1.69 bits per heavy atom. The van der Waals surface area contributed by atoms with Crippen molar-refractivity contribution in [3.05, 3.63) is 21.3 Å². The van der Waals surface area contributed by atoms with E-state index in [1.807, 2.05) is 12.1 Å². The Bertz CT molecular complexity index is 382. The average molecular weight is 260 g/mol. The van der Waals surface area contributed by atoms with Gasteiger partial charge in [0, 0.05) is 17.5 Å². The maximum absolute atomic E-state index is 11.7. The molecule has 0 radical (unpaired) electrons. The lowest BCUT2D eigenvalue weighted by molar-refractivity contribution is -0.122. The summed E-state index contributed by atoms with van der Waals surface area (Å²) in [7, 11) is 0. The summed E-state index contributed by atoms with van der Waals surface area (Å²) in [6, 6.07) is 3.69. The van der Waals surface area contributed by atoms with Crippen LogP contribution in [0.4, 0.5) is 0 Å². The van der Waals surface area contributed by atoms with Gasteiger partial charge >= 0.3 is 0 Å². The monoisotopic (exact) mass is 259 g/mol.